The average molecular weight is 205 g/mol. The molecule has 0 heterocycles. The van der Waals surface area contributed by atoms with Gasteiger partial charge in [-0.1, -0.05) is 36.5 Å². The second kappa shape index (κ2) is 9.00. The van der Waals surface area contributed by atoms with Gasteiger partial charge in [0, 0.05) is 12.1 Å². The van der Waals surface area contributed by atoms with Crippen molar-refractivity contribution in [2.24, 2.45) is 0 Å². The Balaban J connectivity index is 4.57. The molecule has 0 aliphatic heterocycles. The maximum Gasteiger partial charge on any atom is 0.251 e. The number of hydrogen-bond donors (Lipinski definition) is 1. The molecule has 0 bridgehead atoms. The molecule has 82 valence electrons. The van der Waals surface area contributed by atoms with Crippen molar-refractivity contribution in [3.05, 3.63) is 48.1 Å². The summed E-state index contributed by atoms with van der Waals surface area (Å²) in [6, 6.07) is 0. The Bertz CT molecular complexity index is 296. The highest BCUT2D eigenvalue weighted by Crippen LogP contribution is 1.98. The lowest BCUT2D eigenvalue weighted by molar-refractivity contribution is -0.117. The Hall–Kier alpha value is -1.57. The number of rotatable bonds is 5. The summed E-state index contributed by atoms with van der Waals surface area (Å²) < 4.78 is 0. The molecule has 0 radical (unpaired) electrons. The highest BCUT2D eigenvalue weighted by atomic mass is 16.1. The number of amides is 1. The topological polar surface area (TPSA) is 29.1 Å². The van der Waals surface area contributed by atoms with Crippen molar-refractivity contribution >= 4 is 5.91 Å². The van der Waals surface area contributed by atoms with E-state index in [0.717, 1.165) is 0 Å². The van der Waals surface area contributed by atoms with Crippen LogP contribution in [0.5, 0.6) is 0 Å². The van der Waals surface area contributed by atoms with Crippen molar-refractivity contribution in [3.63, 3.8) is 0 Å². The third kappa shape index (κ3) is 6.49. The zero-order valence-electron chi connectivity index (χ0n) is 9.66. The zero-order valence-corrected chi connectivity index (χ0v) is 9.66. The van der Waals surface area contributed by atoms with Gasteiger partial charge in [-0.25, -0.2) is 0 Å². The summed E-state index contributed by atoms with van der Waals surface area (Å²) in [6.07, 6.45) is 13.0. The zero-order chi connectivity index (χ0) is 11.5. The van der Waals surface area contributed by atoms with Crippen LogP contribution in [-0.2, 0) is 4.79 Å². The molecular weight excluding hydrogens is 186 g/mol. The van der Waals surface area contributed by atoms with Crippen molar-refractivity contribution in [1.29, 1.82) is 0 Å². The van der Waals surface area contributed by atoms with Gasteiger partial charge in [-0.2, -0.15) is 0 Å². The summed E-state index contributed by atoms with van der Waals surface area (Å²) in [6.45, 7) is 6.39. The summed E-state index contributed by atoms with van der Waals surface area (Å²) in [4.78, 5) is 11.5. The predicted octanol–water partition coefficient (Wildman–Crippen LogP) is 2.76. The SMILES string of the molecule is C\C=C/C(=C\C=C/C=C/C)C(=O)NCC. The number of carbonyl (C=O) groups is 1. The summed E-state index contributed by atoms with van der Waals surface area (Å²) in [7, 11) is 0. The van der Waals surface area contributed by atoms with Crippen LogP contribution < -0.4 is 5.32 Å². The molecule has 0 rings (SSSR count). The quantitative estimate of drug-likeness (QED) is 0.542. The lowest BCUT2D eigenvalue weighted by Crippen LogP contribution is -2.23. The second-order valence-electron chi connectivity index (χ2n) is 2.89. The van der Waals surface area contributed by atoms with Gasteiger partial charge in [-0.3, -0.25) is 4.79 Å². The van der Waals surface area contributed by atoms with E-state index >= 15 is 0 Å². The Labute approximate surface area is 92.1 Å². The van der Waals surface area contributed by atoms with Crippen LogP contribution in [-0.4, -0.2) is 12.5 Å². The molecule has 0 saturated carbocycles. The minimum absolute atomic E-state index is 0.0410. The number of carbonyl (C=O) groups excluding carboxylic acids is 1. The molecule has 0 aromatic carbocycles. The lowest BCUT2D eigenvalue weighted by Gasteiger charge is -2.01. The van der Waals surface area contributed by atoms with E-state index in [0.29, 0.717) is 12.1 Å². The van der Waals surface area contributed by atoms with Crippen LogP contribution in [0.25, 0.3) is 0 Å². The fraction of sp³-hybridized carbons (Fsp3) is 0.308. The molecule has 1 N–H and O–H groups in total. The van der Waals surface area contributed by atoms with Crippen molar-refractivity contribution < 1.29 is 4.79 Å². The van der Waals surface area contributed by atoms with Crippen molar-refractivity contribution in [3.8, 4) is 0 Å². The van der Waals surface area contributed by atoms with E-state index in [9.17, 15) is 4.79 Å². The summed E-state index contributed by atoms with van der Waals surface area (Å²) in [5.41, 5.74) is 0.667. The first kappa shape index (κ1) is 13.4. The Kier molecular flexibility index (Phi) is 8.06. The van der Waals surface area contributed by atoms with Crippen molar-refractivity contribution in [2.75, 3.05) is 6.54 Å². The van der Waals surface area contributed by atoms with Crippen molar-refractivity contribution in [2.45, 2.75) is 20.8 Å². The van der Waals surface area contributed by atoms with E-state index in [-0.39, 0.29) is 5.91 Å². The normalized spacial score (nSPS) is 13.1. The first-order valence-electron chi connectivity index (χ1n) is 5.16. The number of nitrogens with one attached hydrogen (secondary N) is 1. The van der Waals surface area contributed by atoms with Gasteiger partial charge in [0.15, 0.2) is 0 Å². The molecule has 0 aliphatic rings. The Morgan fingerprint density at radius 3 is 2.40 bits per heavy atom. The summed E-state index contributed by atoms with van der Waals surface area (Å²) >= 11 is 0. The standard InChI is InChI=1S/C13H19NO/c1-4-7-8-9-11-12(10-5-2)13(15)14-6-3/h4-5,7-11H,6H2,1-3H3,(H,14,15)/b7-4+,9-8-,10-5-,12-11+. The maximum atomic E-state index is 11.5. The molecule has 0 unspecified atom stereocenters. The minimum atomic E-state index is -0.0410. The smallest absolute Gasteiger partial charge is 0.251 e. The predicted molar refractivity (Wildman–Crippen MR) is 65.5 cm³/mol. The van der Waals surface area contributed by atoms with Gasteiger partial charge in [0.05, 0.1) is 0 Å². The second-order valence-corrected chi connectivity index (χ2v) is 2.89. The van der Waals surface area contributed by atoms with Gasteiger partial charge in [0.25, 0.3) is 5.91 Å². The van der Waals surface area contributed by atoms with Crippen LogP contribution in [0.2, 0.25) is 0 Å². The van der Waals surface area contributed by atoms with Gasteiger partial charge in [0.1, 0.15) is 0 Å². The van der Waals surface area contributed by atoms with Gasteiger partial charge in [-0.05, 0) is 26.8 Å². The van der Waals surface area contributed by atoms with Crippen LogP contribution in [0, 0.1) is 0 Å². The molecule has 0 aliphatic carbocycles. The molecule has 0 saturated heterocycles. The van der Waals surface area contributed by atoms with Crippen LogP contribution >= 0.6 is 0 Å². The third-order valence-corrected chi connectivity index (χ3v) is 1.64. The average Bonchev–Trinajstić information content (AvgIpc) is 2.23. The van der Waals surface area contributed by atoms with Gasteiger partial charge >= 0.3 is 0 Å². The fourth-order valence-corrected chi connectivity index (χ4v) is 0.984. The van der Waals surface area contributed by atoms with Crippen molar-refractivity contribution in [1.82, 2.24) is 5.32 Å². The molecule has 0 aromatic rings. The molecule has 15 heavy (non-hydrogen) atoms. The molecule has 0 atom stereocenters. The Morgan fingerprint density at radius 1 is 1.13 bits per heavy atom. The molecule has 0 spiro atoms. The number of allylic oxidation sites excluding steroid dienone is 6. The number of hydrogen-bond acceptors (Lipinski definition) is 1. The molecule has 1 amide bonds. The van der Waals surface area contributed by atoms with E-state index in [1.807, 2.05) is 51.2 Å². The molecule has 0 fully saturated rings. The van der Waals surface area contributed by atoms with Crippen LogP contribution in [0.4, 0.5) is 0 Å². The summed E-state index contributed by atoms with van der Waals surface area (Å²) in [5, 5.41) is 2.76. The molecule has 2 heteroatoms. The largest absolute Gasteiger partial charge is 0.352 e. The highest BCUT2D eigenvalue weighted by molar-refractivity contribution is 5.96. The molecule has 2 nitrogen and oxygen atoms in total. The Morgan fingerprint density at radius 2 is 1.87 bits per heavy atom. The highest BCUT2D eigenvalue weighted by Gasteiger charge is 2.01. The monoisotopic (exact) mass is 205 g/mol. The van der Waals surface area contributed by atoms with E-state index in [1.54, 1.807) is 12.2 Å². The first-order chi connectivity index (χ1) is 7.26. The van der Waals surface area contributed by atoms with E-state index in [1.165, 1.54) is 0 Å². The van der Waals surface area contributed by atoms with Gasteiger partial charge in [0.2, 0.25) is 0 Å². The number of likely N-dealkylation sites (N-methyl/N-ethyl adjacent to an activating group) is 1. The summed E-state index contributed by atoms with van der Waals surface area (Å²) in [5.74, 6) is -0.0410. The van der Waals surface area contributed by atoms with E-state index in [4.69, 9.17) is 0 Å². The van der Waals surface area contributed by atoms with Crippen LogP contribution in [0.3, 0.4) is 0 Å². The lowest BCUT2D eigenvalue weighted by atomic mass is 10.2. The van der Waals surface area contributed by atoms with E-state index in [2.05, 4.69) is 5.32 Å². The van der Waals surface area contributed by atoms with Gasteiger partial charge in [-0.15, -0.1) is 0 Å². The van der Waals surface area contributed by atoms with Crippen LogP contribution in [0.1, 0.15) is 20.8 Å². The van der Waals surface area contributed by atoms with E-state index < -0.39 is 0 Å². The van der Waals surface area contributed by atoms with Crippen LogP contribution in [0.15, 0.2) is 48.1 Å². The fourth-order valence-electron chi connectivity index (χ4n) is 0.984. The third-order valence-electron chi connectivity index (χ3n) is 1.64. The minimum Gasteiger partial charge on any atom is -0.352 e. The molecule has 0 aromatic heterocycles. The van der Waals surface area contributed by atoms with Gasteiger partial charge < -0.3 is 5.32 Å². The molecular formula is C13H19NO. The maximum absolute atomic E-state index is 11.5. The first-order valence-corrected chi connectivity index (χ1v) is 5.16.